The highest BCUT2D eigenvalue weighted by Crippen LogP contribution is 2.47. The van der Waals surface area contributed by atoms with Crippen molar-refractivity contribution in [2.45, 2.75) is 147 Å². The number of hydrogen-bond acceptors (Lipinski definition) is 8. The van der Waals surface area contributed by atoms with Crippen molar-refractivity contribution in [3.8, 4) is 28.6 Å². The van der Waals surface area contributed by atoms with E-state index in [0.717, 1.165) is 25.8 Å². The molecule has 1 aliphatic carbocycles. The van der Waals surface area contributed by atoms with Crippen LogP contribution in [0.4, 0.5) is 33.9 Å². The van der Waals surface area contributed by atoms with Crippen LogP contribution < -0.4 is 15.5 Å². The molecule has 0 spiro atoms. The topological polar surface area (TPSA) is 97.0 Å². The maximum Gasteiger partial charge on any atom is 0.429 e. The summed E-state index contributed by atoms with van der Waals surface area (Å²) < 4.78 is 78.2. The summed E-state index contributed by atoms with van der Waals surface area (Å²) in [6.45, 7) is 20.0. The number of carbonyl (C=O) groups excluding carboxylic acids is 1. The van der Waals surface area contributed by atoms with E-state index in [9.17, 15) is 9.18 Å². The lowest BCUT2D eigenvalue weighted by Gasteiger charge is -2.38. The summed E-state index contributed by atoms with van der Waals surface area (Å²) in [5.74, 6) is -0.103. The molecule has 0 saturated carbocycles. The van der Waals surface area contributed by atoms with Crippen LogP contribution in [0, 0.1) is 23.1 Å². The van der Waals surface area contributed by atoms with Crippen molar-refractivity contribution in [1.29, 1.82) is 0 Å². The Morgan fingerprint density at radius 1 is 0.984 bits per heavy atom. The lowest BCUT2D eigenvalue weighted by atomic mass is 9.81. The number of hydrazine groups is 1. The summed E-state index contributed by atoms with van der Waals surface area (Å²) in [5, 5.41) is 3.04. The van der Waals surface area contributed by atoms with Gasteiger partial charge in [-0.25, -0.2) is 27.4 Å². The Morgan fingerprint density at radius 3 is 2.38 bits per heavy atom. The van der Waals surface area contributed by atoms with E-state index in [1.54, 1.807) is 31.8 Å². The average molecular weight is 863 g/mol. The van der Waals surface area contributed by atoms with Gasteiger partial charge >= 0.3 is 12.1 Å². The molecule has 3 saturated heterocycles. The van der Waals surface area contributed by atoms with Gasteiger partial charge in [0.2, 0.25) is 0 Å². The zero-order valence-corrected chi connectivity index (χ0v) is 38.2. The molecule has 1 unspecified atom stereocenters. The Balaban J connectivity index is 1.43. The maximum absolute atomic E-state index is 17.8. The fraction of sp³-hybridized carbons (Fsp3) is 0.596. The van der Waals surface area contributed by atoms with Crippen molar-refractivity contribution < 1.29 is 31.8 Å². The second kappa shape index (κ2) is 17.1. The number of hydrogen-bond donors (Lipinski definition) is 1. The minimum absolute atomic E-state index is 0.00803. The Labute approximate surface area is 359 Å². The van der Waals surface area contributed by atoms with Gasteiger partial charge in [-0.3, -0.25) is 9.91 Å². The molecule has 3 fully saturated rings. The average Bonchev–Trinajstić information content (AvgIpc) is 3.57. The standard InChI is InChI=1S/C47H62F4N6O3Si/c1-28(2)61(29(3)4,30(5)6)21-16-34-37(49)15-14-31-22-33(52)23-35(39(31)34)40-38(50)24-36-42(41(40)51)53-44(59-27-47-17-13-18-55(47)26-32(48)25-47)54-43(36)56-19-11-10-12-20-57(56)45(58)60-46(7,8)9/h15,22-24,28-30,32,34H,10-14,17-20,25-27,52H2,1-9H3/t32-,34?,47+/m1/s1. The molecule has 9 nitrogen and oxygen atoms in total. The van der Waals surface area contributed by atoms with Gasteiger partial charge in [0.05, 0.1) is 22.4 Å². The predicted molar refractivity (Wildman–Crippen MR) is 236 cm³/mol. The predicted octanol–water partition coefficient (Wildman–Crippen LogP) is 11.0. The van der Waals surface area contributed by atoms with Gasteiger partial charge in [0.25, 0.3) is 0 Å². The number of rotatable bonds is 8. The van der Waals surface area contributed by atoms with Crippen LogP contribution in [-0.4, -0.2) is 84.1 Å². The first-order valence-electron chi connectivity index (χ1n) is 22.1. The molecule has 3 atom stereocenters. The molecule has 4 heterocycles. The van der Waals surface area contributed by atoms with E-state index in [4.69, 9.17) is 20.2 Å². The second-order valence-corrected chi connectivity index (χ2v) is 25.0. The lowest BCUT2D eigenvalue weighted by molar-refractivity contribution is 0.0232. The number of alkyl halides is 1. The van der Waals surface area contributed by atoms with E-state index in [0.29, 0.717) is 43.5 Å². The Bertz CT molecular complexity index is 2250. The summed E-state index contributed by atoms with van der Waals surface area (Å²) in [6.07, 6.45) is 4.04. The van der Waals surface area contributed by atoms with Crippen molar-refractivity contribution in [3.05, 3.63) is 52.9 Å². The molecule has 61 heavy (non-hydrogen) atoms. The van der Waals surface area contributed by atoms with Gasteiger partial charge in [-0.15, -0.1) is 5.54 Å². The summed E-state index contributed by atoms with van der Waals surface area (Å²) in [4.78, 5) is 25.3. The number of ether oxygens (including phenoxy) is 2. The Hall–Kier alpha value is -4.35. The third-order valence-corrected chi connectivity index (χ3v) is 19.7. The third kappa shape index (κ3) is 8.45. The monoisotopic (exact) mass is 862 g/mol. The minimum atomic E-state index is -2.34. The lowest BCUT2D eigenvalue weighted by Crippen LogP contribution is -2.49. The minimum Gasteiger partial charge on any atom is -0.461 e. The number of carbonyl (C=O) groups is 1. The van der Waals surface area contributed by atoms with E-state index in [2.05, 4.69) is 62.9 Å². The number of benzene rings is 2. The Kier molecular flexibility index (Phi) is 12.5. The summed E-state index contributed by atoms with van der Waals surface area (Å²) in [6, 6.07) is 4.18. The number of nitrogen functional groups attached to an aromatic ring is 1. The quantitative estimate of drug-likeness (QED) is 0.104. The van der Waals surface area contributed by atoms with Gasteiger partial charge in [0.1, 0.15) is 43.6 Å². The molecular formula is C47H62F4N6O3Si. The molecule has 1 amide bonds. The van der Waals surface area contributed by atoms with E-state index >= 15 is 13.2 Å². The van der Waals surface area contributed by atoms with Gasteiger partial charge in [0.15, 0.2) is 11.6 Å². The molecule has 330 valence electrons. The Morgan fingerprint density at radius 2 is 1.69 bits per heavy atom. The summed E-state index contributed by atoms with van der Waals surface area (Å²) >= 11 is 0. The number of halogens is 4. The number of anilines is 2. The van der Waals surface area contributed by atoms with Crippen molar-refractivity contribution in [2.24, 2.45) is 0 Å². The molecule has 0 bridgehead atoms. The van der Waals surface area contributed by atoms with E-state index in [1.165, 1.54) is 23.2 Å². The smallest absolute Gasteiger partial charge is 0.429 e. The number of nitrogens with two attached hydrogens (primary N) is 1. The van der Waals surface area contributed by atoms with Crippen LogP contribution in [0.15, 0.2) is 30.1 Å². The first-order chi connectivity index (χ1) is 28.8. The molecule has 3 aliphatic heterocycles. The fourth-order valence-corrected chi connectivity index (χ4v) is 15.9. The number of amides is 1. The van der Waals surface area contributed by atoms with E-state index in [-0.39, 0.29) is 70.2 Å². The van der Waals surface area contributed by atoms with Crippen molar-refractivity contribution in [2.75, 3.05) is 43.5 Å². The molecule has 1 aromatic heterocycles. The van der Waals surface area contributed by atoms with Gasteiger partial charge < -0.3 is 15.2 Å². The van der Waals surface area contributed by atoms with Crippen LogP contribution in [0.25, 0.3) is 22.0 Å². The molecular weight excluding hydrogens is 801 g/mol. The second-order valence-electron chi connectivity index (χ2n) is 19.5. The van der Waals surface area contributed by atoms with Crippen LogP contribution in [0.3, 0.4) is 0 Å². The molecule has 4 aliphatic rings. The highest BCUT2D eigenvalue weighted by molar-refractivity contribution is 6.90. The highest BCUT2D eigenvalue weighted by atomic mass is 28.3. The van der Waals surface area contributed by atoms with Crippen LogP contribution in [0.5, 0.6) is 6.01 Å². The van der Waals surface area contributed by atoms with Crippen LogP contribution in [0.2, 0.25) is 16.6 Å². The third-order valence-electron chi connectivity index (χ3n) is 13.4. The maximum atomic E-state index is 17.8. The zero-order valence-electron chi connectivity index (χ0n) is 37.2. The largest absolute Gasteiger partial charge is 0.461 e. The number of aromatic nitrogens is 2. The van der Waals surface area contributed by atoms with Gasteiger partial charge in [-0.05, 0) is 123 Å². The number of allylic oxidation sites excluding steroid dienone is 2. The number of fused-ring (bicyclic) bond motifs is 3. The van der Waals surface area contributed by atoms with Crippen LogP contribution in [-0.2, 0) is 11.2 Å². The SMILES string of the molecule is CC(C)[Si](C#CC1C(F)=CCc2cc(N)cc(-c3c(F)cc4c(N5CCCCCN5C(=O)OC(C)(C)C)nc(OC[C@@]56CCCN5C[C@H](F)C6)nc4c3F)c21)(C(C)C)C(C)C. The fourth-order valence-electron chi connectivity index (χ4n) is 10.7. The van der Waals surface area contributed by atoms with Gasteiger partial charge in [0, 0.05) is 31.7 Å². The van der Waals surface area contributed by atoms with Crippen LogP contribution >= 0.6 is 0 Å². The molecule has 0 radical (unpaired) electrons. The molecule has 7 rings (SSSR count). The summed E-state index contributed by atoms with van der Waals surface area (Å²) in [7, 11) is -2.34. The van der Waals surface area contributed by atoms with E-state index in [1.807, 2.05) is 0 Å². The van der Waals surface area contributed by atoms with Crippen LogP contribution in [0.1, 0.15) is 118 Å². The zero-order chi connectivity index (χ0) is 44.2. The van der Waals surface area contributed by atoms with Gasteiger partial charge in [-0.1, -0.05) is 47.5 Å². The van der Waals surface area contributed by atoms with Crippen molar-refractivity contribution in [3.63, 3.8) is 0 Å². The van der Waals surface area contributed by atoms with Crippen molar-refractivity contribution >= 4 is 36.6 Å². The first-order valence-corrected chi connectivity index (χ1v) is 24.3. The normalized spacial score (nSPS) is 22.3. The first kappa shape index (κ1) is 44.7. The molecule has 2 N–H and O–H groups in total. The molecule has 3 aromatic rings. The van der Waals surface area contributed by atoms with Gasteiger partial charge in [-0.2, -0.15) is 9.97 Å². The van der Waals surface area contributed by atoms with E-state index < -0.39 is 60.4 Å². The molecule has 2 aromatic carbocycles. The molecule has 14 heteroatoms. The highest BCUT2D eigenvalue weighted by Gasteiger charge is 2.49. The summed E-state index contributed by atoms with van der Waals surface area (Å²) in [5.41, 5.74) is 10.2. The number of nitrogens with zero attached hydrogens (tertiary/aromatic N) is 5. The van der Waals surface area contributed by atoms with Crippen molar-refractivity contribution in [1.82, 2.24) is 19.9 Å².